The number of nitrogens with two attached hydrogens (primary N) is 1. The second kappa shape index (κ2) is 8.22. The maximum Gasteiger partial charge on any atom is 0.246 e. The third kappa shape index (κ3) is 4.03. The van der Waals surface area contributed by atoms with Crippen molar-refractivity contribution in [3.63, 3.8) is 0 Å². The van der Waals surface area contributed by atoms with Crippen molar-refractivity contribution < 1.29 is 9.53 Å². The smallest absolute Gasteiger partial charge is 0.246 e. The molecule has 0 aliphatic carbocycles. The van der Waals surface area contributed by atoms with Crippen molar-refractivity contribution in [2.45, 2.75) is 6.54 Å². The lowest BCUT2D eigenvalue weighted by atomic mass is 10.0. The average Bonchev–Trinajstić information content (AvgIpc) is 3.12. The van der Waals surface area contributed by atoms with E-state index in [1.807, 2.05) is 36.5 Å². The van der Waals surface area contributed by atoms with Crippen LogP contribution in [0.5, 0.6) is 5.75 Å². The molecule has 0 bridgehead atoms. The quantitative estimate of drug-likeness (QED) is 0.440. The number of halogens is 2. The number of carbonyl (C=O) groups is 1. The second-order valence-corrected chi connectivity index (χ2v) is 7.32. The van der Waals surface area contributed by atoms with Crippen LogP contribution in [0.15, 0.2) is 54.7 Å². The number of nitrogen functional groups attached to an aromatic ring is 1. The molecule has 0 aliphatic heterocycles. The third-order valence-corrected chi connectivity index (χ3v) is 5.06. The molecule has 0 radical (unpaired) electrons. The highest BCUT2D eigenvalue weighted by Crippen LogP contribution is 2.35. The summed E-state index contributed by atoms with van der Waals surface area (Å²) in [5.74, 6) is 0.542. The Labute approximate surface area is 182 Å². The number of ether oxygens (including phenoxy) is 1. The number of fused-ring (bicyclic) bond motifs is 1. The van der Waals surface area contributed by atoms with Crippen molar-refractivity contribution >= 4 is 51.5 Å². The summed E-state index contributed by atoms with van der Waals surface area (Å²) in [5.41, 5.74) is 8.70. The zero-order valence-electron chi connectivity index (χ0n) is 15.9. The maximum absolute atomic E-state index is 12.5. The fourth-order valence-electron chi connectivity index (χ4n) is 3.14. The zero-order valence-corrected chi connectivity index (χ0v) is 17.4. The summed E-state index contributed by atoms with van der Waals surface area (Å²) in [4.78, 5) is 16.4. The number of anilines is 2. The molecule has 1 amide bonds. The number of methoxy groups -OCH3 is 1. The monoisotopic (exact) mass is 441 g/mol. The molecule has 2 aromatic carbocycles. The number of hydrogen-bond acceptors (Lipinski definition) is 5. The SMILES string of the molecule is COc1ccc(-c2cccc3nn(CC(=O)Nc4ccc(Cl)nc4N)cc23)c(Cl)c1. The van der Waals surface area contributed by atoms with Crippen LogP contribution in [0.1, 0.15) is 0 Å². The minimum absolute atomic E-state index is 0.00648. The van der Waals surface area contributed by atoms with E-state index in [0.717, 1.165) is 22.0 Å². The Bertz CT molecular complexity index is 1260. The lowest BCUT2D eigenvalue weighted by Crippen LogP contribution is -2.20. The Morgan fingerprint density at radius 1 is 1.17 bits per heavy atom. The van der Waals surface area contributed by atoms with E-state index in [4.69, 9.17) is 33.7 Å². The van der Waals surface area contributed by atoms with E-state index in [9.17, 15) is 4.79 Å². The molecule has 3 N–H and O–H groups in total. The Hall–Kier alpha value is -3.29. The Kier molecular flexibility index (Phi) is 5.48. The van der Waals surface area contributed by atoms with Gasteiger partial charge in [0.25, 0.3) is 0 Å². The van der Waals surface area contributed by atoms with Crippen molar-refractivity contribution in [2.75, 3.05) is 18.2 Å². The topological polar surface area (TPSA) is 95.1 Å². The van der Waals surface area contributed by atoms with Crippen molar-refractivity contribution in [3.8, 4) is 16.9 Å². The number of aromatic nitrogens is 3. The molecule has 152 valence electrons. The summed E-state index contributed by atoms with van der Waals surface area (Å²) in [5, 5.41) is 8.92. The summed E-state index contributed by atoms with van der Waals surface area (Å²) in [6.07, 6.45) is 1.81. The fourth-order valence-corrected chi connectivity index (χ4v) is 3.57. The molecule has 30 heavy (non-hydrogen) atoms. The van der Waals surface area contributed by atoms with Crippen LogP contribution in [0.25, 0.3) is 22.0 Å². The van der Waals surface area contributed by atoms with Gasteiger partial charge in [-0.1, -0.05) is 35.3 Å². The standard InChI is InChI=1S/C21H17Cl2N5O2/c1-30-12-5-6-14(16(22)9-12)13-3-2-4-17-15(13)10-28(27-17)11-20(29)25-18-7-8-19(23)26-21(18)24/h2-10H,11H2,1H3,(H2,24,26)(H,25,29). The second-order valence-electron chi connectivity index (χ2n) is 6.53. The number of nitrogens with one attached hydrogen (secondary N) is 1. The van der Waals surface area contributed by atoms with Gasteiger partial charge in [0.1, 0.15) is 23.3 Å². The molecule has 0 aliphatic rings. The van der Waals surface area contributed by atoms with Gasteiger partial charge < -0.3 is 15.8 Å². The number of amides is 1. The first-order valence-corrected chi connectivity index (χ1v) is 9.72. The zero-order chi connectivity index (χ0) is 21.3. The first kappa shape index (κ1) is 20.0. The molecular weight excluding hydrogens is 425 g/mol. The third-order valence-electron chi connectivity index (χ3n) is 4.53. The normalized spacial score (nSPS) is 10.9. The van der Waals surface area contributed by atoms with Crippen molar-refractivity contribution in [3.05, 3.63) is 64.9 Å². The van der Waals surface area contributed by atoms with Crippen LogP contribution < -0.4 is 15.8 Å². The van der Waals surface area contributed by atoms with E-state index in [2.05, 4.69) is 15.4 Å². The highest BCUT2D eigenvalue weighted by atomic mass is 35.5. The fraction of sp³-hybridized carbons (Fsp3) is 0.0952. The van der Waals surface area contributed by atoms with Gasteiger partial charge in [-0.2, -0.15) is 5.10 Å². The van der Waals surface area contributed by atoms with E-state index in [1.165, 1.54) is 0 Å². The van der Waals surface area contributed by atoms with E-state index in [0.29, 0.717) is 16.5 Å². The van der Waals surface area contributed by atoms with E-state index < -0.39 is 0 Å². The van der Waals surface area contributed by atoms with Gasteiger partial charge in [-0.25, -0.2) is 4.98 Å². The predicted molar refractivity (Wildman–Crippen MR) is 119 cm³/mol. The van der Waals surface area contributed by atoms with Crippen molar-refractivity contribution in [1.82, 2.24) is 14.8 Å². The number of hydrogen-bond donors (Lipinski definition) is 2. The summed E-state index contributed by atoms with van der Waals surface area (Å²) in [7, 11) is 1.59. The van der Waals surface area contributed by atoms with Crippen LogP contribution in [0.4, 0.5) is 11.5 Å². The van der Waals surface area contributed by atoms with Crippen LogP contribution in [0, 0.1) is 0 Å². The molecule has 4 aromatic rings. The van der Waals surface area contributed by atoms with E-state index in [1.54, 1.807) is 30.0 Å². The Balaban J connectivity index is 1.61. The molecular formula is C21H17Cl2N5O2. The molecule has 4 rings (SSSR count). The summed E-state index contributed by atoms with van der Waals surface area (Å²) >= 11 is 12.2. The Morgan fingerprint density at radius 2 is 2.00 bits per heavy atom. The van der Waals surface area contributed by atoms with Crippen LogP contribution >= 0.6 is 23.2 Å². The largest absolute Gasteiger partial charge is 0.497 e. The number of carbonyl (C=O) groups excluding carboxylic acids is 1. The number of benzene rings is 2. The molecule has 2 heterocycles. The molecule has 0 unspecified atom stereocenters. The van der Waals surface area contributed by atoms with Crippen molar-refractivity contribution in [1.29, 1.82) is 0 Å². The molecule has 7 nitrogen and oxygen atoms in total. The highest BCUT2D eigenvalue weighted by Gasteiger charge is 2.13. The van der Waals surface area contributed by atoms with Crippen LogP contribution in [-0.4, -0.2) is 27.8 Å². The van der Waals surface area contributed by atoms with E-state index >= 15 is 0 Å². The van der Waals surface area contributed by atoms with Gasteiger partial charge in [0, 0.05) is 17.1 Å². The van der Waals surface area contributed by atoms with Crippen LogP contribution in [0.2, 0.25) is 10.2 Å². The molecule has 9 heteroatoms. The molecule has 2 aromatic heterocycles. The van der Waals surface area contributed by atoms with Gasteiger partial charge in [0.15, 0.2) is 0 Å². The first-order valence-electron chi connectivity index (χ1n) is 8.96. The molecule has 0 saturated heterocycles. The minimum Gasteiger partial charge on any atom is -0.497 e. The highest BCUT2D eigenvalue weighted by molar-refractivity contribution is 6.34. The van der Waals surface area contributed by atoms with Gasteiger partial charge in [0.2, 0.25) is 5.91 Å². The van der Waals surface area contributed by atoms with Crippen LogP contribution in [-0.2, 0) is 11.3 Å². The van der Waals surface area contributed by atoms with Gasteiger partial charge in [-0.3, -0.25) is 9.48 Å². The average molecular weight is 442 g/mol. The van der Waals surface area contributed by atoms with Crippen LogP contribution in [0.3, 0.4) is 0 Å². The predicted octanol–water partition coefficient (Wildman–Crippen LogP) is 4.63. The summed E-state index contributed by atoms with van der Waals surface area (Å²) in [6.45, 7) is 0.00648. The number of pyridine rings is 1. The van der Waals surface area contributed by atoms with E-state index in [-0.39, 0.29) is 23.4 Å². The number of rotatable bonds is 5. The molecule has 0 spiro atoms. The minimum atomic E-state index is -0.289. The first-order chi connectivity index (χ1) is 14.4. The Morgan fingerprint density at radius 3 is 2.73 bits per heavy atom. The van der Waals surface area contributed by atoms with Gasteiger partial charge >= 0.3 is 0 Å². The lowest BCUT2D eigenvalue weighted by Gasteiger charge is -2.08. The summed E-state index contributed by atoms with van der Waals surface area (Å²) < 4.78 is 6.79. The number of nitrogens with zero attached hydrogens (tertiary/aromatic N) is 3. The van der Waals surface area contributed by atoms with Gasteiger partial charge in [-0.05, 0) is 42.0 Å². The summed E-state index contributed by atoms with van der Waals surface area (Å²) in [6, 6.07) is 14.4. The molecule has 0 fully saturated rings. The van der Waals surface area contributed by atoms with Gasteiger partial charge in [0.05, 0.1) is 23.3 Å². The molecule has 0 atom stereocenters. The molecule has 0 saturated carbocycles. The van der Waals surface area contributed by atoms with Gasteiger partial charge in [-0.15, -0.1) is 0 Å². The maximum atomic E-state index is 12.5. The van der Waals surface area contributed by atoms with Crippen molar-refractivity contribution in [2.24, 2.45) is 0 Å². The lowest BCUT2D eigenvalue weighted by molar-refractivity contribution is -0.116.